The maximum absolute atomic E-state index is 13.3. The maximum Gasteiger partial charge on any atom is 0.344 e. The minimum atomic E-state index is -0.652. The van der Waals surface area contributed by atoms with Gasteiger partial charge in [-0.1, -0.05) is 71.2 Å². The molecule has 0 aliphatic rings. The van der Waals surface area contributed by atoms with Crippen molar-refractivity contribution in [2.45, 2.75) is 13.8 Å². The van der Waals surface area contributed by atoms with E-state index in [4.69, 9.17) is 32.4 Å². The predicted octanol–water partition coefficient (Wildman–Crippen LogP) is 6.60. The Morgan fingerprint density at radius 1 is 0.967 bits per heavy atom. The van der Waals surface area contributed by atoms with Gasteiger partial charge in [0.05, 0.1) is 16.0 Å². The third-order valence-electron chi connectivity index (χ3n) is 4.74. The quantitative estimate of drug-likeness (QED) is 0.338. The largest absolute Gasteiger partial charge is 0.450 e. The van der Waals surface area contributed by atoms with Gasteiger partial charge in [0, 0.05) is 10.6 Å². The van der Waals surface area contributed by atoms with Crippen LogP contribution in [0.15, 0.2) is 69.9 Å². The molecule has 0 radical (unpaired) electrons. The first-order valence-corrected chi connectivity index (χ1v) is 9.91. The van der Waals surface area contributed by atoms with Gasteiger partial charge in [-0.3, -0.25) is 4.79 Å². The van der Waals surface area contributed by atoms with Crippen LogP contribution in [-0.4, -0.2) is 5.97 Å². The minimum Gasteiger partial charge on any atom is -0.450 e. The Morgan fingerprint density at radius 3 is 2.37 bits per heavy atom. The summed E-state index contributed by atoms with van der Waals surface area (Å²) in [5.41, 5.74) is 2.35. The van der Waals surface area contributed by atoms with E-state index in [1.807, 2.05) is 25.1 Å². The molecule has 1 heterocycles. The van der Waals surface area contributed by atoms with Crippen LogP contribution in [0, 0.1) is 13.8 Å². The van der Waals surface area contributed by atoms with Gasteiger partial charge in [-0.15, -0.1) is 0 Å². The summed E-state index contributed by atoms with van der Waals surface area (Å²) < 4.78 is 11.6. The number of fused-ring (bicyclic) bond motifs is 1. The number of rotatable bonds is 3. The van der Waals surface area contributed by atoms with Crippen LogP contribution < -0.4 is 10.2 Å². The van der Waals surface area contributed by atoms with Crippen LogP contribution in [-0.2, 0) is 0 Å². The van der Waals surface area contributed by atoms with E-state index < -0.39 is 11.4 Å². The Morgan fingerprint density at radius 2 is 1.67 bits per heavy atom. The molecule has 6 heteroatoms. The molecule has 0 atom stereocenters. The van der Waals surface area contributed by atoms with E-state index >= 15 is 0 Å². The third-order valence-corrected chi connectivity index (χ3v) is 5.24. The molecule has 0 aliphatic carbocycles. The number of carbonyl (C=O) groups excluding carboxylic acids is 1. The summed E-state index contributed by atoms with van der Waals surface area (Å²) in [5, 5.41) is 0.606. The molecule has 4 rings (SSSR count). The molecule has 0 aliphatic heterocycles. The summed E-state index contributed by atoms with van der Waals surface area (Å²) in [6.45, 7) is 3.73. The third kappa shape index (κ3) is 3.72. The summed E-state index contributed by atoms with van der Waals surface area (Å²) in [6.07, 6.45) is 0. The Hall–Kier alpha value is -3.08. The van der Waals surface area contributed by atoms with E-state index in [0.717, 1.165) is 11.1 Å². The SMILES string of the molecule is Cc1ccc(-c2oc3c(Cl)cc(Cl)cc3c(=O)c2OC(=O)c2ccccc2C)cc1. The zero-order valence-corrected chi connectivity index (χ0v) is 17.7. The van der Waals surface area contributed by atoms with Crippen LogP contribution in [0.1, 0.15) is 21.5 Å². The van der Waals surface area contributed by atoms with Crippen LogP contribution in [0.2, 0.25) is 10.0 Å². The second-order valence-electron chi connectivity index (χ2n) is 6.92. The number of ether oxygens (including phenoxy) is 1. The molecule has 0 fully saturated rings. The van der Waals surface area contributed by atoms with Crippen molar-refractivity contribution < 1.29 is 13.9 Å². The second kappa shape index (κ2) is 7.98. The van der Waals surface area contributed by atoms with Crippen LogP contribution in [0.25, 0.3) is 22.3 Å². The molecule has 1 aromatic heterocycles. The van der Waals surface area contributed by atoms with Gasteiger partial charge in [-0.2, -0.15) is 0 Å². The molecule has 0 amide bonds. The summed E-state index contributed by atoms with van der Waals surface area (Å²) in [4.78, 5) is 26.1. The van der Waals surface area contributed by atoms with E-state index in [1.165, 1.54) is 12.1 Å². The average Bonchev–Trinajstić information content (AvgIpc) is 2.71. The molecule has 0 bridgehead atoms. The number of hydrogen-bond acceptors (Lipinski definition) is 4. The molecule has 0 N–H and O–H groups in total. The molecule has 0 saturated heterocycles. The lowest BCUT2D eigenvalue weighted by atomic mass is 10.1. The van der Waals surface area contributed by atoms with E-state index in [2.05, 4.69) is 0 Å². The smallest absolute Gasteiger partial charge is 0.344 e. The Labute approximate surface area is 182 Å². The normalized spacial score (nSPS) is 10.9. The number of esters is 1. The van der Waals surface area contributed by atoms with Gasteiger partial charge in [-0.05, 0) is 37.6 Å². The zero-order valence-electron chi connectivity index (χ0n) is 16.2. The van der Waals surface area contributed by atoms with Gasteiger partial charge in [0.25, 0.3) is 0 Å². The molecule has 0 spiro atoms. The summed E-state index contributed by atoms with van der Waals surface area (Å²) >= 11 is 12.3. The van der Waals surface area contributed by atoms with Crippen molar-refractivity contribution in [2.24, 2.45) is 0 Å². The molecule has 150 valence electrons. The fraction of sp³-hybridized carbons (Fsp3) is 0.0833. The summed E-state index contributed by atoms with van der Waals surface area (Å²) in [5.74, 6) is -0.738. The lowest BCUT2D eigenvalue weighted by Gasteiger charge is -2.12. The van der Waals surface area contributed by atoms with Crippen molar-refractivity contribution in [3.63, 3.8) is 0 Å². The highest BCUT2D eigenvalue weighted by molar-refractivity contribution is 6.38. The number of aryl methyl sites for hydroxylation is 2. The fourth-order valence-corrected chi connectivity index (χ4v) is 3.68. The lowest BCUT2D eigenvalue weighted by molar-refractivity contribution is 0.0730. The first-order chi connectivity index (χ1) is 14.3. The monoisotopic (exact) mass is 438 g/mol. The first-order valence-electron chi connectivity index (χ1n) is 9.16. The highest BCUT2D eigenvalue weighted by atomic mass is 35.5. The molecule has 4 aromatic rings. The van der Waals surface area contributed by atoms with Gasteiger partial charge < -0.3 is 9.15 Å². The van der Waals surface area contributed by atoms with E-state index in [-0.39, 0.29) is 32.5 Å². The van der Waals surface area contributed by atoms with E-state index in [1.54, 1.807) is 37.3 Å². The summed E-state index contributed by atoms with van der Waals surface area (Å²) in [7, 11) is 0. The average molecular weight is 439 g/mol. The van der Waals surface area contributed by atoms with Crippen molar-refractivity contribution in [1.29, 1.82) is 0 Å². The van der Waals surface area contributed by atoms with Gasteiger partial charge in [0.15, 0.2) is 11.3 Å². The predicted molar refractivity (Wildman–Crippen MR) is 119 cm³/mol. The van der Waals surface area contributed by atoms with Crippen LogP contribution in [0.4, 0.5) is 0 Å². The topological polar surface area (TPSA) is 56.5 Å². The number of benzene rings is 3. The summed E-state index contributed by atoms with van der Waals surface area (Å²) in [6, 6.07) is 17.2. The van der Waals surface area contributed by atoms with Gasteiger partial charge in [0.2, 0.25) is 11.2 Å². The molecule has 30 heavy (non-hydrogen) atoms. The molecule has 4 nitrogen and oxygen atoms in total. The molecule has 3 aromatic carbocycles. The van der Waals surface area contributed by atoms with Gasteiger partial charge in [-0.25, -0.2) is 4.79 Å². The van der Waals surface area contributed by atoms with Crippen LogP contribution in [0.5, 0.6) is 5.75 Å². The standard InChI is InChI=1S/C24H16Cl2O4/c1-13-7-9-15(10-8-13)21-23(30-24(28)17-6-4-3-5-14(17)2)20(27)18-11-16(25)12-19(26)22(18)29-21/h3-12H,1-2H3. The molecule has 0 unspecified atom stereocenters. The Bertz CT molecular complexity index is 1340. The number of carbonyl (C=O) groups is 1. The minimum absolute atomic E-state index is 0.124. The van der Waals surface area contributed by atoms with Crippen molar-refractivity contribution in [2.75, 3.05) is 0 Å². The molecule has 0 saturated carbocycles. The Kier molecular flexibility index (Phi) is 5.37. The number of halogens is 2. The maximum atomic E-state index is 13.3. The van der Waals surface area contributed by atoms with E-state index in [9.17, 15) is 9.59 Å². The first kappa shape index (κ1) is 20.2. The lowest BCUT2D eigenvalue weighted by Crippen LogP contribution is -2.17. The van der Waals surface area contributed by atoms with Crippen LogP contribution >= 0.6 is 23.2 Å². The molecular formula is C24H16Cl2O4. The zero-order chi connectivity index (χ0) is 21.4. The number of hydrogen-bond donors (Lipinski definition) is 0. The highest BCUT2D eigenvalue weighted by Crippen LogP contribution is 2.35. The molecular weight excluding hydrogens is 423 g/mol. The van der Waals surface area contributed by atoms with Crippen molar-refractivity contribution in [1.82, 2.24) is 0 Å². The van der Waals surface area contributed by atoms with Gasteiger partial charge in [0.1, 0.15) is 0 Å². The fourth-order valence-electron chi connectivity index (χ4n) is 3.14. The van der Waals surface area contributed by atoms with Crippen molar-refractivity contribution in [3.8, 4) is 17.1 Å². The van der Waals surface area contributed by atoms with Crippen molar-refractivity contribution >= 4 is 40.1 Å². The Balaban J connectivity index is 1.96. The van der Waals surface area contributed by atoms with E-state index in [0.29, 0.717) is 11.1 Å². The van der Waals surface area contributed by atoms with Crippen molar-refractivity contribution in [3.05, 3.63) is 97.6 Å². The highest BCUT2D eigenvalue weighted by Gasteiger charge is 2.23. The van der Waals surface area contributed by atoms with Crippen LogP contribution in [0.3, 0.4) is 0 Å². The van der Waals surface area contributed by atoms with Gasteiger partial charge >= 0.3 is 5.97 Å². The second-order valence-corrected chi connectivity index (χ2v) is 7.77.